The van der Waals surface area contributed by atoms with Gasteiger partial charge < -0.3 is 4.74 Å². The van der Waals surface area contributed by atoms with E-state index in [1.165, 1.54) is 27.2 Å². The topological polar surface area (TPSA) is 63.2 Å². The van der Waals surface area contributed by atoms with Gasteiger partial charge in [0.05, 0.1) is 19.0 Å². The number of rotatable bonds is 3. The van der Waals surface area contributed by atoms with E-state index < -0.39 is 18.0 Å². The Hall–Kier alpha value is -2.30. The monoisotopic (exact) mass is 312 g/mol. The van der Waals surface area contributed by atoms with Crippen LogP contribution in [-0.4, -0.2) is 27.9 Å². The van der Waals surface area contributed by atoms with Gasteiger partial charge in [-0.25, -0.2) is 9.50 Å². The molecule has 8 heteroatoms. The summed E-state index contributed by atoms with van der Waals surface area (Å²) in [6.07, 6.45) is -3.14. The van der Waals surface area contributed by atoms with Crippen molar-refractivity contribution in [2.45, 2.75) is 32.9 Å². The zero-order valence-corrected chi connectivity index (χ0v) is 12.6. The molecule has 0 aliphatic carbocycles. The Balaban J connectivity index is 2.92. The highest BCUT2D eigenvalue weighted by Gasteiger charge is 2.46. The van der Waals surface area contributed by atoms with Gasteiger partial charge >= 0.3 is 6.18 Å². The largest absolute Gasteiger partial charge is 0.493 e. The number of ether oxygens (including phenoxy) is 1. The molecule has 118 valence electrons. The lowest BCUT2D eigenvalue weighted by Crippen LogP contribution is -2.28. The Morgan fingerprint density at radius 2 is 2.00 bits per heavy atom. The molecular formula is C14H15F3N4O. The Kier molecular flexibility index (Phi) is 4.00. The van der Waals surface area contributed by atoms with E-state index >= 15 is 0 Å². The molecule has 0 bridgehead atoms. The molecular weight excluding hydrogens is 297 g/mol. The van der Waals surface area contributed by atoms with Gasteiger partial charge in [-0.1, -0.05) is 13.8 Å². The maximum atomic E-state index is 13.5. The molecule has 2 heterocycles. The fraction of sp³-hybridized carbons (Fsp3) is 0.500. The van der Waals surface area contributed by atoms with Gasteiger partial charge in [-0.15, -0.1) is 0 Å². The van der Waals surface area contributed by atoms with Crippen molar-refractivity contribution < 1.29 is 17.9 Å². The Morgan fingerprint density at radius 1 is 1.36 bits per heavy atom. The average molecular weight is 312 g/mol. The molecule has 0 saturated carbocycles. The summed E-state index contributed by atoms with van der Waals surface area (Å²) in [5.41, 5.74) is -0.115. The first-order valence-electron chi connectivity index (χ1n) is 6.61. The number of fused-ring (bicyclic) bond motifs is 1. The molecule has 0 aliphatic heterocycles. The van der Waals surface area contributed by atoms with Crippen molar-refractivity contribution in [3.05, 3.63) is 23.3 Å². The predicted octanol–water partition coefficient (Wildman–Crippen LogP) is 3.22. The van der Waals surface area contributed by atoms with Crippen LogP contribution in [0.3, 0.4) is 0 Å². The number of hydrogen-bond donors (Lipinski definition) is 0. The fourth-order valence-corrected chi connectivity index (χ4v) is 2.57. The van der Waals surface area contributed by atoms with E-state index in [4.69, 9.17) is 4.74 Å². The summed E-state index contributed by atoms with van der Waals surface area (Å²) < 4.78 is 46.8. The molecule has 0 radical (unpaired) electrons. The summed E-state index contributed by atoms with van der Waals surface area (Å²) in [5.74, 6) is -2.22. The molecule has 0 fully saturated rings. The number of nitriles is 1. The molecule has 0 spiro atoms. The van der Waals surface area contributed by atoms with Crippen molar-refractivity contribution in [2.24, 2.45) is 5.92 Å². The van der Waals surface area contributed by atoms with Crippen LogP contribution in [0.5, 0.6) is 5.75 Å². The quantitative estimate of drug-likeness (QED) is 0.873. The maximum absolute atomic E-state index is 13.5. The fourth-order valence-electron chi connectivity index (χ4n) is 2.57. The van der Waals surface area contributed by atoms with E-state index in [-0.39, 0.29) is 22.5 Å². The third-order valence-electron chi connectivity index (χ3n) is 3.42. The van der Waals surface area contributed by atoms with Crippen LogP contribution in [0.4, 0.5) is 13.2 Å². The van der Waals surface area contributed by atoms with Crippen LogP contribution in [-0.2, 0) is 0 Å². The summed E-state index contributed by atoms with van der Waals surface area (Å²) in [7, 11) is 1.30. The van der Waals surface area contributed by atoms with E-state index in [0.29, 0.717) is 5.82 Å². The van der Waals surface area contributed by atoms with E-state index in [9.17, 15) is 18.4 Å². The van der Waals surface area contributed by atoms with Crippen molar-refractivity contribution in [3.63, 3.8) is 0 Å². The van der Waals surface area contributed by atoms with Crippen LogP contribution in [0.15, 0.2) is 6.20 Å². The van der Waals surface area contributed by atoms with Crippen molar-refractivity contribution in [1.82, 2.24) is 14.6 Å². The van der Waals surface area contributed by atoms with Gasteiger partial charge in [0.25, 0.3) is 0 Å². The number of nitrogens with zero attached hydrogens (tertiary/aromatic N) is 4. The molecule has 0 saturated heterocycles. The Bertz CT molecular complexity index is 743. The van der Waals surface area contributed by atoms with Crippen molar-refractivity contribution >= 4 is 5.52 Å². The third kappa shape index (κ3) is 2.47. The van der Waals surface area contributed by atoms with E-state index in [0.717, 1.165) is 4.52 Å². The smallest absolute Gasteiger partial charge is 0.397 e. The van der Waals surface area contributed by atoms with Crippen LogP contribution in [0, 0.1) is 24.2 Å². The lowest BCUT2D eigenvalue weighted by atomic mass is 9.90. The van der Waals surface area contributed by atoms with Crippen molar-refractivity contribution in [1.29, 1.82) is 5.26 Å². The number of aromatic nitrogens is 3. The number of methoxy groups -OCH3 is 1. The van der Waals surface area contributed by atoms with Gasteiger partial charge in [0.2, 0.25) is 0 Å². The average Bonchev–Trinajstić information content (AvgIpc) is 2.69. The minimum atomic E-state index is -4.50. The minimum absolute atomic E-state index is 0.0624. The Labute approximate surface area is 125 Å². The lowest BCUT2D eigenvalue weighted by molar-refractivity contribution is -0.160. The lowest BCUT2D eigenvalue weighted by Gasteiger charge is -2.23. The second-order valence-corrected chi connectivity index (χ2v) is 5.27. The summed E-state index contributed by atoms with van der Waals surface area (Å²) >= 11 is 0. The van der Waals surface area contributed by atoms with Gasteiger partial charge in [-0.3, -0.25) is 0 Å². The van der Waals surface area contributed by atoms with E-state index in [1.807, 2.05) is 6.07 Å². The van der Waals surface area contributed by atoms with E-state index in [2.05, 4.69) is 10.1 Å². The number of hydrogen-bond acceptors (Lipinski definition) is 4. The maximum Gasteiger partial charge on any atom is 0.397 e. The summed E-state index contributed by atoms with van der Waals surface area (Å²) in [5, 5.41) is 13.4. The number of aryl methyl sites for hydroxylation is 1. The normalized spacial score (nSPS) is 13.4. The van der Waals surface area contributed by atoms with Crippen LogP contribution >= 0.6 is 0 Å². The first-order valence-corrected chi connectivity index (χ1v) is 6.61. The first-order chi connectivity index (χ1) is 10.2. The molecule has 1 unspecified atom stereocenters. The highest BCUT2D eigenvalue weighted by atomic mass is 19.4. The second-order valence-electron chi connectivity index (χ2n) is 5.27. The molecule has 2 aromatic rings. The van der Waals surface area contributed by atoms with Crippen LogP contribution < -0.4 is 4.74 Å². The number of halogens is 3. The highest BCUT2D eigenvalue weighted by molar-refractivity contribution is 5.69. The van der Waals surface area contributed by atoms with Gasteiger partial charge in [0.15, 0.2) is 5.75 Å². The summed E-state index contributed by atoms with van der Waals surface area (Å²) in [6, 6.07) is 1.82. The molecule has 0 N–H and O–H groups in total. The van der Waals surface area contributed by atoms with Gasteiger partial charge in [-0.2, -0.15) is 23.5 Å². The van der Waals surface area contributed by atoms with E-state index in [1.54, 1.807) is 6.92 Å². The summed E-state index contributed by atoms with van der Waals surface area (Å²) in [4.78, 5) is 3.97. The molecule has 0 amide bonds. The third-order valence-corrected chi connectivity index (χ3v) is 3.42. The summed E-state index contributed by atoms with van der Waals surface area (Å²) in [6.45, 7) is 4.48. The van der Waals surface area contributed by atoms with Crippen LogP contribution in [0.1, 0.15) is 36.8 Å². The molecule has 2 aromatic heterocycles. The molecule has 5 nitrogen and oxygen atoms in total. The predicted molar refractivity (Wildman–Crippen MR) is 72.6 cm³/mol. The molecule has 1 atom stereocenters. The van der Waals surface area contributed by atoms with Gasteiger partial charge in [0, 0.05) is 0 Å². The van der Waals surface area contributed by atoms with Crippen molar-refractivity contribution in [3.8, 4) is 11.8 Å². The Morgan fingerprint density at radius 3 is 2.45 bits per heavy atom. The zero-order valence-electron chi connectivity index (χ0n) is 12.6. The molecule has 0 aliphatic rings. The van der Waals surface area contributed by atoms with Crippen LogP contribution in [0.2, 0.25) is 0 Å². The minimum Gasteiger partial charge on any atom is -0.493 e. The van der Waals surface area contributed by atoms with Crippen molar-refractivity contribution in [2.75, 3.05) is 7.11 Å². The second kappa shape index (κ2) is 5.48. The highest BCUT2D eigenvalue weighted by Crippen LogP contribution is 2.44. The van der Waals surface area contributed by atoms with Crippen LogP contribution in [0.25, 0.3) is 5.52 Å². The molecule has 22 heavy (non-hydrogen) atoms. The zero-order chi connectivity index (χ0) is 16.7. The first kappa shape index (κ1) is 16.1. The SMILES string of the molecule is COc1c(C#N)c(C(C(C)C)C(F)(F)F)n2nc(C)ncc12. The van der Waals surface area contributed by atoms with Gasteiger partial charge in [0.1, 0.15) is 28.9 Å². The number of alkyl halides is 3. The molecule has 2 rings (SSSR count). The van der Waals surface area contributed by atoms with Gasteiger partial charge in [-0.05, 0) is 12.8 Å². The molecule has 0 aromatic carbocycles. The standard InChI is InChI=1S/C14H15F3N4O/c1-7(2)11(14(15,16)17)12-9(5-18)13(22-4)10-6-19-8(3)20-21(10)12/h6-7,11H,1-4H3.